The molecule has 7 heteroatoms. The van der Waals surface area contributed by atoms with Crippen molar-refractivity contribution >= 4 is 40.0 Å². The van der Waals surface area contributed by atoms with Gasteiger partial charge in [0.1, 0.15) is 0 Å². The van der Waals surface area contributed by atoms with Gasteiger partial charge in [-0.1, -0.05) is 35.9 Å². The molecule has 2 aromatic carbocycles. The van der Waals surface area contributed by atoms with Crippen molar-refractivity contribution in [2.24, 2.45) is 0 Å². The van der Waals surface area contributed by atoms with E-state index >= 15 is 0 Å². The Morgan fingerprint density at radius 3 is 2.62 bits per heavy atom. The van der Waals surface area contributed by atoms with Crippen LogP contribution in [0.5, 0.6) is 0 Å². The summed E-state index contributed by atoms with van der Waals surface area (Å²) in [5, 5.41) is 19.6. The average Bonchev–Trinajstić information content (AvgIpc) is 3.29. The zero-order valence-electron chi connectivity index (χ0n) is 13.6. The number of halogens is 1. The van der Waals surface area contributed by atoms with E-state index in [0.717, 1.165) is 38.9 Å². The first-order valence-corrected chi connectivity index (χ1v) is 9.22. The fraction of sp³-hybridized carbons (Fsp3) is 0.105. The van der Waals surface area contributed by atoms with Crippen LogP contribution >= 0.6 is 23.1 Å². The number of hydrogen-bond donors (Lipinski definition) is 2. The molecule has 4 aromatic rings. The molecule has 2 heterocycles. The van der Waals surface area contributed by atoms with Crippen molar-refractivity contribution < 1.29 is 9.90 Å². The molecular weight excluding hydrogens is 370 g/mol. The Bertz CT molecular complexity index is 1070. The van der Waals surface area contributed by atoms with E-state index in [9.17, 15) is 4.79 Å². The molecule has 0 fully saturated rings. The van der Waals surface area contributed by atoms with Crippen LogP contribution in [0.1, 0.15) is 12.1 Å². The summed E-state index contributed by atoms with van der Waals surface area (Å²) in [5.41, 5.74) is 5.63. The van der Waals surface area contributed by atoms with Gasteiger partial charge in [-0.3, -0.25) is 9.89 Å². The lowest BCUT2D eigenvalue weighted by atomic mass is 9.99. The number of nitrogens with zero attached hydrogens (tertiary/aromatic N) is 2. The van der Waals surface area contributed by atoms with Crippen molar-refractivity contribution in [3.63, 3.8) is 0 Å². The lowest BCUT2D eigenvalue weighted by Gasteiger charge is -2.07. The molecule has 0 unspecified atom stereocenters. The van der Waals surface area contributed by atoms with Crippen molar-refractivity contribution in [2.75, 3.05) is 0 Å². The number of carbonyl (C=O) groups is 1. The number of fused-ring (bicyclic) bond motifs is 1. The second kappa shape index (κ2) is 6.90. The Labute approximate surface area is 158 Å². The molecule has 4 rings (SSSR count). The molecule has 0 saturated heterocycles. The SMILES string of the molecule is O=C(O)CCc1[nH]nc2cc(Cl)c(-c3ccc(-c4cnsc4)cc3)cc12. The third kappa shape index (κ3) is 3.21. The number of carboxylic acid groups (broad SMARTS) is 1. The van der Waals surface area contributed by atoms with Gasteiger partial charge in [0.2, 0.25) is 0 Å². The van der Waals surface area contributed by atoms with Crippen LogP contribution in [0.2, 0.25) is 5.02 Å². The number of aromatic nitrogens is 3. The zero-order valence-corrected chi connectivity index (χ0v) is 15.1. The van der Waals surface area contributed by atoms with Crippen molar-refractivity contribution in [1.82, 2.24) is 14.6 Å². The summed E-state index contributed by atoms with van der Waals surface area (Å²) in [6, 6.07) is 11.9. The summed E-state index contributed by atoms with van der Waals surface area (Å²) in [6.07, 6.45) is 2.30. The van der Waals surface area contributed by atoms with Gasteiger partial charge in [0.05, 0.1) is 17.0 Å². The number of nitrogens with one attached hydrogen (secondary N) is 1. The van der Waals surface area contributed by atoms with Gasteiger partial charge in [0.25, 0.3) is 0 Å². The largest absolute Gasteiger partial charge is 0.481 e. The first-order valence-electron chi connectivity index (χ1n) is 8.00. The van der Waals surface area contributed by atoms with Gasteiger partial charge in [-0.05, 0) is 34.8 Å². The Balaban J connectivity index is 1.72. The van der Waals surface area contributed by atoms with Crippen LogP contribution in [0.3, 0.4) is 0 Å². The summed E-state index contributed by atoms with van der Waals surface area (Å²) < 4.78 is 4.13. The van der Waals surface area contributed by atoms with Gasteiger partial charge in [0, 0.05) is 40.2 Å². The average molecular weight is 384 g/mol. The quantitative estimate of drug-likeness (QED) is 0.507. The summed E-state index contributed by atoms with van der Waals surface area (Å²) >= 11 is 7.88. The number of aryl methyl sites for hydroxylation is 1. The molecular formula is C19H14ClN3O2S. The van der Waals surface area contributed by atoms with Gasteiger partial charge < -0.3 is 5.11 Å². The Morgan fingerprint density at radius 2 is 1.92 bits per heavy atom. The summed E-state index contributed by atoms with van der Waals surface area (Å²) in [5.74, 6) is -0.833. The molecule has 130 valence electrons. The number of aromatic amines is 1. The van der Waals surface area contributed by atoms with E-state index in [2.05, 4.69) is 14.6 Å². The Kier molecular flexibility index (Phi) is 4.44. The summed E-state index contributed by atoms with van der Waals surface area (Å²) in [6.45, 7) is 0. The van der Waals surface area contributed by atoms with E-state index in [1.807, 2.05) is 48.0 Å². The second-order valence-electron chi connectivity index (χ2n) is 5.94. The molecule has 0 bridgehead atoms. The van der Waals surface area contributed by atoms with Gasteiger partial charge >= 0.3 is 5.97 Å². The van der Waals surface area contributed by atoms with Crippen LogP contribution in [0.15, 0.2) is 48.0 Å². The van der Waals surface area contributed by atoms with Gasteiger partial charge in [0.15, 0.2) is 0 Å². The van der Waals surface area contributed by atoms with Crippen LogP contribution in [0.25, 0.3) is 33.2 Å². The van der Waals surface area contributed by atoms with Crippen molar-refractivity contribution in [1.29, 1.82) is 0 Å². The third-order valence-electron chi connectivity index (χ3n) is 4.27. The number of benzene rings is 2. The fourth-order valence-electron chi connectivity index (χ4n) is 2.92. The third-order valence-corrected chi connectivity index (χ3v) is 5.17. The van der Waals surface area contributed by atoms with Crippen molar-refractivity contribution in [3.8, 4) is 22.3 Å². The maximum Gasteiger partial charge on any atom is 0.303 e. The van der Waals surface area contributed by atoms with Gasteiger partial charge in [-0.15, -0.1) is 0 Å². The van der Waals surface area contributed by atoms with Crippen LogP contribution in [-0.4, -0.2) is 25.6 Å². The van der Waals surface area contributed by atoms with Crippen LogP contribution in [0.4, 0.5) is 0 Å². The lowest BCUT2D eigenvalue weighted by molar-refractivity contribution is -0.136. The molecule has 2 aromatic heterocycles. The minimum absolute atomic E-state index is 0.0542. The molecule has 2 N–H and O–H groups in total. The first-order chi connectivity index (χ1) is 12.6. The summed E-state index contributed by atoms with van der Waals surface area (Å²) in [7, 11) is 0. The molecule has 0 amide bonds. The molecule has 26 heavy (non-hydrogen) atoms. The van der Waals surface area contributed by atoms with Gasteiger partial charge in [-0.25, -0.2) is 4.37 Å². The van der Waals surface area contributed by atoms with E-state index in [1.165, 1.54) is 11.5 Å². The smallest absolute Gasteiger partial charge is 0.303 e. The molecule has 0 aliphatic heterocycles. The molecule has 5 nitrogen and oxygen atoms in total. The highest BCUT2D eigenvalue weighted by atomic mass is 35.5. The van der Waals surface area contributed by atoms with E-state index in [4.69, 9.17) is 16.7 Å². The van der Waals surface area contributed by atoms with E-state index in [0.29, 0.717) is 11.4 Å². The lowest BCUT2D eigenvalue weighted by Crippen LogP contribution is -1.98. The highest BCUT2D eigenvalue weighted by Gasteiger charge is 2.12. The monoisotopic (exact) mass is 383 g/mol. The van der Waals surface area contributed by atoms with E-state index < -0.39 is 5.97 Å². The molecule has 0 saturated carbocycles. The maximum atomic E-state index is 10.8. The molecule has 0 spiro atoms. The number of carboxylic acids is 1. The number of aliphatic carboxylic acids is 1. The van der Waals surface area contributed by atoms with Crippen molar-refractivity contribution in [3.05, 3.63) is 58.7 Å². The number of H-pyrrole nitrogens is 1. The minimum Gasteiger partial charge on any atom is -0.481 e. The normalized spacial score (nSPS) is 11.1. The maximum absolute atomic E-state index is 10.8. The highest BCUT2D eigenvalue weighted by Crippen LogP contribution is 2.34. The van der Waals surface area contributed by atoms with Crippen LogP contribution < -0.4 is 0 Å². The molecule has 0 atom stereocenters. The van der Waals surface area contributed by atoms with Crippen molar-refractivity contribution in [2.45, 2.75) is 12.8 Å². The van der Waals surface area contributed by atoms with Crippen LogP contribution in [0, 0.1) is 0 Å². The second-order valence-corrected chi connectivity index (χ2v) is 7.00. The molecule has 0 aliphatic carbocycles. The Hall–Kier alpha value is -2.70. The standard InChI is InChI=1S/C19H14ClN3O2S/c20-16-8-18-15(17(22-23-18)5-6-19(24)25)7-14(16)12-3-1-11(2-4-12)13-9-21-26-10-13/h1-4,7-10H,5-6H2,(H,22,23)(H,24,25). The molecule has 0 aliphatic rings. The first kappa shape index (κ1) is 16.8. The van der Waals surface area contributed by atoms with E-state index in [1.54, 1.807) is 0 Å². The number of rotatable bonds is 5. The zero-order chi connectivity index (χ0) is 18.1. The fourth-order valence-corrected chi connectivity index (χ4v) is 3.73. The minimum atomic E-state index is -0.833. The predicted octanol–water partition coefficient (Wildman–Crippen LogP) is 5.02. The molecule has 0 radical (unpaired) electrons. The highest BCUT2D eigenvalue weighted by molar-refractivity contribution is 7.03. The van der Waals surface area contributed by atoms with Crippen LogP contribution in [-0.2, 0) is 11.2 Å². The number of hydrogen-bond acceptors (Lipinski definition) is 4. The Morgan fingerprint density at radius 1 is 1.15 bits per heavy atom. The van der Waals surface area contributed by atoms with Gasteiger partial charge in [-0.2, -0.15) is 5.10 Å². The van der Waals surface area contributed by atoms with E-state index in [-0.39, 0.29) is 6.42 Å². The predicted molar refractivity (Wildman–Crippen MR) is 104 cm³/mol. The summed E-state index contributed by atoms with van der Waals surface area (Å²) in [4.78, 5) is 10.8. The topological polar surface area (TPSA) is 78.9 Å².